The summed E-state index contributed by atoms with van der Waals surface area (Å²) in [6, 6.07) is 3.24. The average Bonchev–Trinajstić information content (AvgIpc) is 3.98. The summed E-state index contributed by atoms with van der Waals surface area (Å²) in [7, 11) is -4.03. The number of pyridine rings is 1. The maximum atomic E-state index is 16.6. The Hall–Kier alpha value is -4.27. The number of benzene rings is 1. The predicted octanol–water partition coefficient (Wildman–Crippen LogP) is 4.27. The van der Waals surface area contributed by atoms with Crippen LogP contribution in [-0.2, 0) is 30.8 Å². The van der Waals surface area contributed by atoms with Crippen molar-refractivity contribution >= 4 is 44.7 Å². The molecular weight excluding hydrogens is 693 g/mol. The quantitative estimate of drug-likeness (QED) is 0.326. The number of halogens is 1. The Labute approximate surface area is 302 Å². The van der Waals surface area contributed by atoms with Crippen molar-refractivity contribution in [3.63, 3.8) is 0 Å². The van der Waals surface area contributed by atoms with E-state index in [2.05, 4.69) is 20.3 Å². The highest BCUT2D eigenvalue weighted by Crippen LogP contribution is 2.51. The van der Waals surface area contributed by atoms with Crippen molar-refractivity contribution in [2.45, 2.75) is 126 Å². The first kappa shape index (κ1) is 36.1. The fourth-order valence-electron chi connectivity index (χ4n) is 8.15. The van der Waals surface area contributed by atoms with E-state index in [1.54, 1.807) is 13.8 Å². The second kappa shape index (κ2) is 13.0. The minimum atomic E-state index is -4.03. The molecule has 1 saturated heterocycles. The minimum absolute atomic E-state index is 0.148. The van der Waals surface area contributed by atoms with Crippen molar-refractivity contribution in [2.75, 3.05) is 6.54 Å². The molecule has 13 nitrogen and oxygen atoms in total. The van der Waals surface area contributed by atoms with E-state index < -0.39 is 73.9 Å². The molecule has 1 unspecified atom stereocenters. The third kappa shape index (κ3) is 6.38. The summed E-state index contributed by atoms with van der Waals surface area (Å²) in [6.45, 7) is 5.06. The van der Waals surface area contributed by atoms with Gasteiger partial charge in [-0.05, 0) is 76.5 Å². The van der Waals surface area contributed by atoms with Crippen LogP contribution in [0.2, 0.25) is 0 Å². The topological polar surface area (TPSA) is 184 Å². The molecule has 4 heterocycles. The number of hydrogen-bond donors (Lipinski definition) is 4. The molecule has 3 aliphatic heterocycles. The molecule has 7 rings (SSSR count). The van der Waals surface area contributed by atoms with Crippen molar-refractivity contribution in [1.29, 1.82) is 0 Å². The number of nitrogens with zero attached hydrogens (tertiary/aromatic N) is 2. The minimum Gasteiger partial charge on any atom is -0.483 e. The molecule has 2 aliphatic carbocycles. The van der Waals surface area contributed by atoms with Gasteiger partial charge in [-0.15, -0.1) is 0 Å². The highest BCUT2D eigenvalue weighted by molar-refractivity contribution is 7.91. The van der Waals surface area contributed by atoms with Crippen LogP contribution < -0.4 is 20.1 Å². The molecule has 52 heavy (non-hydrogen) atoms. The second-order valence-electron chi connectivity index (χ2n) is 15.5. The maximum Gasteiger partial charge on any atom is 0.405 e. The van der Waals surface area contributed by atoms with Gasteiger partial charge in [0.25, 0.3) is 5.91 Å². The number of amides is 4. The molecule has 6 atom stereocenters. The summed E-state index contributed by atoms with van der Waals surface area (Å²) in [4.78, 5) is 60.4. The van der Waals surface area contributed by atoms with E-state index in [4.69, 9.17) is 4.74 Å². The van der Waals surface area contributed by atoms with Gasteiger partial charge >= 0.3 is 6.09 Å². The molecule has 4 N–H and O–H groups in total. The molecule has 1 aromatic heterocycles. The summed E-state index contributed by atoms with van der Waals surface area (Å²) >= 11 is 0. The second-order valence-corrected chi connectivity index (χ2v) is 17.7. The van der Waals surface area contributed by atoms with E-state index in [9.17, 15) is 32.7 Å². The number of carboxylic acid groups (broad SMARTS) is 1. The van der Waals surface area contributed by atoms with Crippen LogP contribution in [0, 0.1) is 12.8 Å². The van der Waals surface area contributed by atoms with Gasteiger partial charge in [0, 0.05) is 29.7 Å². The Balaban J connectivity index is 1.25. The molecule has 280 valence electrons. The normalized spacial score (nSPS) is 31.3. The van der Waals surface area contributed by atoms with E-state index in [0.29, 0.717) is 54.3 Å². The van der Waals surface area contributed by atoms with Gasteiger partial charge in [-0.1, -0.05) is 38.0 Å². The van der Waals surface area contributed by atoms with Gasteiger partial charge in [0.15, 0.2) is 0 Å². The average molecular weight is 740 g/mol. The van der Waals surface area contributed by atoms with Crippen LogP contribution in [0.3, 0.4) is 0 Å². The van der Waals surface area contributed by atoms with Crippen LogP contribution in [0.4, 0.5) is 9.18 Å². The number of carbonyl (C=O) groups excluding carboxylic acids is 3. The number of rotatable bonds is 5. The van der Waals surface area contributed by atoms with Crippen LogP contribution >= 0.6 is 0 Å². The van der Waals surface area contributed by atoms with Crippen molar-refractivity contribution in [3.05, 3.63) is 47.2 Å². The number of fused-ring (bicyclic) bond motifs is 5. The van der Waals surface area contributed by atoms with Gasteiger partial charge in [0.1, 0.15) is 35.1 Å². The zero-order valence-corrected chi connectivity index (χ0v) is 30.5. The van der Waals surface area contributed by atoms with Crippen molar-refractivity contribution in [3.8, 4) is 5.75 Å². The van der Waals surface area contributed by atoms with Gasteiger partial charge in [0.2, 0.25) is 21.8 Å². The van der Waals surface area contributed by atoms with E-state index in [-0.39, 0.29) is 38.0 Å². The summed E-state index contributed by atoms with van der Waals surface area (Å²) in [6.07, 6.45) is 4.94. The molecule has 1 aromatic carbocycles. The monoisotopic (exact) mass is 739 g/mol. The van der Waals surface area contributed by atoms with Crippen molar-refractivity contribution in [1.82, 2.24) is 25.2 Å². The smallest absolute Gasteiger partial charge is 0.405 e. The van der Waals surface area contributed by atoms with E-state index in [1.807, 2.05) is 37.3 Å². The van der Waals surface area contributed by atoms with E-state index in [0.717, 1.165) is 18.4 Å². The molecule has 5 aliphatic rings. The molecule has 0 radical (unpaired) electrons. The molecule has 2 aromatic rings. The lowest BCUT2D eigenvalue weighted by molar-refractivity contribution is -0.141. The molecule has 3 fully saturated rings. The fraction of sp³-hybridized carbons (Fsp3) is 0.595. The van der Waals surface area contributed by atoms with Crippen molar-refractivity contribution < 1.29 is 41.8 Å². The van der Waals surface area contributed by atoms with Gasteiger partial charge in [0.05, 0.1) is 22.5 Å². The Morgan fingerprint density at radius 2 is 1.92 bits per heavy atom. The van der Waals surface area contributed by atoms with Crippen LogP contribution in [0.25, 0.3) is 10.9 Å². The lowest BCUT2D eigenvalue weighted by Gasteiger charge is -2.38. The number of carbonyl (C=O) groups is 4. The lowest BCUT2D eigenvalue weighted by Crippen LogP contribution is -2.58. The van der Waals surface area contributed by atoms with E-state index in [1.165, 1.54) is 4.90 Å². The first-order chi connectivity index (χ1) is 24.6. The van der Waals surface area contributed by atoms with Gasteiger partial charge < -0.3 is 25.4 Å². The zero-order chi connectivity index (χ0) is 37.2. The molecule has 2 saturated carbocycles. The zero-order valence-electron chi connectivity index (χ0n) is 29.7. The SMILES string of the molecule is CCc1ccc2nc(C)c3c(c2c1)C(F)C[C@]1(C[C@H]2C(=O)N[C@]4(C(=O)NS(=O)(=O)C5(C)CC5)C[C@H]4C=CCCCCC[C@H](NC(=O)O)C(=O)N2C1)O3. The Kier molecular flexibility index (Phi) is 9.02. The van der Waals surface area contributed by atoms with Crippen LogP contribution in [0.15, 0.2) is 30.4 Å². The van der Waals surface area contributed by atoms with Crippen molar-refractivity contribution in [2.24, 2.45) is 5.92 Å². The molecule has 15 heteroatoms. The summed E-state index contributed by atoms with van der Waals surface area (Å²) in [5.74, 6) is -2.49. The lowest BCUT2D eigenvalue weighted by atomic mass is 9.85. The fourth-order valence-corrected chi connectivity index (χ4v) is 9.46. The highest BCUT2D eigenvalue weighted by Gasteiger charge is 2.64. The first-order valence-corrected chi connectivity index (χ1v) is 19.7. The third-order valence-electron chi connectivity index (χ3n) is 11.7. The van der Waals surface area contributed by atoms with E-state index >= 15 is 4.39 Å². The first-order valence-electron chi connectivity index (χ1n) is 18.2. The van der Waals surface area contributed by atoms with Crippen LogP contribution in [0.1, 0.15) is 101 Å². The molecular formula is C37H46FN5O8S. The number of nitrogens with one attached hydrogen (secondary N) is 3. The number of hydrogen-bond acceptors (Lipinski definition) is 8. The standard InChI is InChI=1S/C37H46FN5O8S/c1-4-22-12-13-26-24(16-22)29-25(38)18-36(51-30(29)21(2)39-26)19-28-31(44)41-37(33(46)42-52(49,50)35(3)14-15-35)17-23(37)10-8-6-5-7-9-11-27(40-34(47)48)32(45)43(28)20-36/h8,10,12-13,16,23,25,27-28,40H,4-7,9,11,14-15,17-20H2,1-3H3,(H,41,44)(H,42,46)(H,47,48)/t23-,25?,27+,28+,36-,37-/m1/s1. The number of ether oxygens (including phenoxy) is 1. The highest BCUT2D eigenvalue weighted by atomic mass is 32.2. The summed E-state index contributed by atoms with van der Waals surface area (Å²) in [5.41, 5.74) is -0.525. The number of sulfonamides is 1. The number of allylic oxidation sites excluding steroid dienone is 1. The largest absolute Gasteiger partial charge is 0.483 e. The number of aromatic nitrogens is 1. The summed E-state index contributed by atoms with van der Waals surface area (Å²) < 4.78 is 50.7. The summed E-state index contributed by atoms with van der Waals surface area (Å²) in [5, 5.41) is 15.4. The van der Waals surface area contributed by atoms with Gasteiger partial charge in [-0.25, -0.2) is 22.6 Å². The molecule has 1 spiro atoms. The van der Waals surface area contributed by atoms with Crippen LogP contribution in [0.5, 0.6) is 5.75 Å². The molecule has 4 amide bonds. The maximum absolute atomic E-state index is 16.6. The number of aryl methyl sites for hydroxylation is 2. The molecule has 0 bridgehead atoms. The Morgan fingerprint density at radius 3 is 2.63 bits per heavy atom. The van der Waals surface area contributed by atoms with Gasteiger partial charge in [-0.3, -0.25) is 19.1 Å². The third-order valence-corrected chi connectivity index (χ3v) is 13.9. The van der Waals surface area contributed by atoms with Gasteiger partial charge in [-0.2, -0.15) is 0 Å². The number of alkyl halides is 1. The Morgan fingerprint density at radius 1 is 1.15 bits per heavy atom. The Bertz CT molecular complexity index is 1980. The predicted molar refractivity (Wildman–Crippen MR) is 189 cm³/mol. The van der Waals surface area contributed by atoms with Crippen LogP contribution in [-0.4, -0.2) is 81.7 Å².